The molecule has 4 nitrogen and oxygen atoms in total. The Morgan fingerprint density at radius 2 is 2.15 bits per heavy atom. The summed E-state index contributed by atoms with van der Waals surface area (Å²) in [7, 11) is 0. The Kier molecular flexibility index (Phi) is 2.41. The number of amides is 1. The van der Waals surface area contributed by atoms with Crippen LogP contribution in [0.1, 0.15) is 49.2 Å². The zero-order chi connectivity index (χ0) is 13.9. The van der Waals surface area contributed by atoms with Crippen LogP contribution in [0, 0.1) is 12.8 Å². The quantitative estimate of drug-likeness (QED) is 0.729. The van der Waals surface area contributed by atoms with Gasteiger partial charge in [-0.3, -0.25) is 9.59 Å². The van der Waals surface area contributed by atoms with Crippen LogP contribution in [0.25, 0.3) is 0 Å². The van der Waals surface area contributed by atoms with Gasteiger partial charge in [0.1, 0.15) is 17.3 Å². The molecule has 3 heterocycles. The molecule has 2 aliphatic heterocycles. The Labute approximate surface area is 118 Å². The number of fused-ring (bicyclic) bond motifs is 1. The molecule has 4 rings (SSSR count). The Bertz CT molecular complexity index is 603. The predicted octanol–water partition coefficient (Wildman–Crippen LogP) is 2.33. The standard InChI is InChI=1S/C16H19NO3/c1-10-7-13-14(20-10)3-2-6-17-15(19)9-11-8-12(18)4-5-16(11,13)17/h7,11H,2-6,8-9H2,1H3/t11-,16-/m0/s1. The minimum Gasteiger partial charge on any atom is -0.466 e. The zero-order valence-electron chi connectivity index (χ0n) is 11.8. The van der Waals surface area contributed by atoms with E-state index in [9.17, 15) is 9.59 Å². The van der Waals surface area contributed by atoms with Gasteiger partial charge in [-0.25, -0.2) is 0 Å². The summed E-state index contributed by atoms with van der Waals surface area (Å²) in [4.78, 5) is 26.3. The molecule has 4 heteroatoms. The van der Waals surface area contributed by atoms with Crippen molar-refractivity contribution < 1.29 is 14.0 Å². The van der Waals surface area contributed by atoms with Gasteiger partial charge in [0.05, 0.1) is 5.54 Å². The topological polar surface area (TPSA) is 50.5 Å². The molecule has 3 aliphatic rings. The van der Waals surface area contributed by atoms with Crippen LogP contribution >= 0.6 is 0 Å². The number of hydrogen-bond acceptors (Lipinski definition) is 3. The van der Waals surface area contributed by atoms with Gasteiger partial charge in [0.25, 0.3) is 0 Å². The van der Waals surface area contributed by atoms with Crippen molar-refractivity contribution in [2.24, 2.45) is 5.92 Å². The van der Waals surface area contributed by atoms with E-state index in [0.29, 0.717) is 25.0 Å². The third-order valence-corrected chi connectivity index (χ3v) is 5.32. The van der Waals surface area contributed by atoms with Crippen LogP contribution in [-0.4, -0.2) is 23.1 Å². The van der Waals surface area contributed by atoms with Gasteiger partial charge < -0.3 is 9.32 Å². The van der Waals surface area contributed by atoms with E-state index in [-0.39, 0.29) is 17.4 Å². The number of furan rings is 1. The maximum Gasteiger partial charge on any atom is 0.223 e. The first-order valence-electron chi connectivity index (χ1n) is 7.53. The van der Waals surface area contributed by atoms with Gasteiger partial charge in [-0.1, -0.05) is 0 Å². The minimum absolute atomic E-state index is 0.144. The highest BCUT2D eigenvalue weighted by atomic mass is 16.3. The van der Waals surface area contributed by atoms with Crippen molar-refractivity contribution in [3.63, 3.8) is 0 Å². The molecule has 1 amide bonds. The van der Waals surface area contributed by atoms with Crippen LogP contribution in [0.15, 0.2) is 10.5 Å². The second-order valence-electron chi connectivity index (χ2n) is 6.41. The number of carbonyl (C=O) groups is 2. The summed E-state index contributed by atoms with van der Waals surface area (Å²) in [5.74, 6) is 2.63. The maximum absolute atomic E-state index is 12.4. The van der Waals surface area contributed by atoms with Crippen LogP contribution < -0.4 is 0 Å². The molecule has 1 saturated carbocycles. The van der Waals surface area contributed by atoms with E-state index in [1.54, 1.807) is 0 Å². The maximum atomic E-state index is 12.4. The van der Waals surface area contributed by atoms with E-state index in [1.165, 1.54) is 5.56 Å². The lowest BCUT2D eigenvalue weighted by atomic mass is 9.69. The van der Waals surface area contributed by atoms with E-state index in [1.807, 2.05) is 6.92 Å². The highest BCUT2D eigenvalue weighted by Crippen LogP contribution is 2.54. The Balaban J connectivity index is 1.92. The molecule has 1 aromatic heterocycles. The van der Waals surface area contributed by atoms with Crippen molar-refractivity contribution in [3.05, 3.63) is 23.2 Å². The first-order valence-corrected chi connectivity index (χ1v) is 7.53. The summed E-state index contributed by atoms with van der Waals surface area (Å²) in [6.07, 6.45) is 4.28. The summed E-state index contributed by atoms with van der Waals surface area (Å²) in [5.41, 5.74) is 0.935. The Morgan fingerprint density at radius 3 is 3.00 bits per heavy atom. The predicted molar refractivity (Wildman–Crippen MR) is 72.1 cm³/mol. The van der Waals surface area contributed by atoms with Gasteiger partial charge in [0.2, 0.25) is 5.91 Å². The number of nitrogens with zero attached hydrogens (tertiary/aromatic N) is 1. The van der Waals surface area contributed by atoms with Gasteiger partial charge in [-0.2, -0.15) is 0 Å². The van der Waals surface area contributed by atoms with Crippen LogP contribution in [0.3, 0.4) is 0 Å². The molecule has 0 unspecified atom stereocenters. The third kappa shape index (κ3) is 1.42. The lowest BCUT2D eigenvalue weighted by Crippen LogP contribution is -2.49. The van der Waals surface area contributed by atoms with Crippen molar-refractivity contribution in [1.29, 1.82) is 0 Å². The molecule has 2 fully saturated rings. The van der Waals surface area contributed by atoms with Crippen molar-refractivity contribution in [2.45, 2.75) is 51.0 Å². The summed E-state index contributed by atoms with van der Waals surface area (Å²) in [6.45, 7) is 2.77. The number of carbonyl (C=O) groups excluding carboxylic acids is 2. The highest BCUT2D eigenvalue weighted by molar-refractivity contribution is 5.86. The molecule has 1 aliphatic carbocycles. The fourth-order valence-electron chi connectivity index (χ4n) is 4.56. The van der Waals surface area contributed by atoms with E-state index in [4.69, 9.17) is 4.42 Å². The second kappa shape index (κ2) is 3.96. The molecular formula is C16H19NO3. The fourth-order valence-corrected chi connectivity index (χ4v) is 4.56. The first kappa shape index (κ1) is 12.2. The third-order valence-electron chi connectivity index (χ3n) is 5.32. The second-order valence-corrected chi connectivity index (χ2v) is 6.41. The first-order chi connectivity index (χ1) is 9.61. The summed E-state index contributed by atoms with van der Waals surface area (Å²) in [6, 6.07) is 2.11. The normalized spacial score (nSPS) is 32.6. The average Bonchev–Trinajstić information content (AvgIpc) is 2.85. The van der Waals surface area contributed by atoms with E-state index in [2.05, 4.69) is 11.0 Å². The summed E-state index contributed by atoms with van der Waals surface area (Å²) < 4.78 is 5.88. The van der Waals surface area contributed by atoms with Crippen molar-refractivity contribution in [3.8, 4) is 0 Å². The number of hydrogen-bond donors (Lipinski definition) is 0. The number of rotatable bonds is 0. The summed E-state index contributed by atoms with van der Waals surface area (Å²) >= 11 is 0. The van der Waals surface area contributed by atoms with E-state index < -0.39 is 0 Å². The van der Waals surface area contributed by atoms with E-state index in [0.717, 1.165) is 37.3 Å². The van der Waals surface area contributed by atoms with Crippen LogP contribution in [-0.2, 0) is 21.5 Å². The van der Waals surface area contributed by atoms with Crippen LogP contribution in [0.2, 0.25) is 0 Å². The van der Waals surface area contributed by atoms with Crippen LogP contribution in [0.4, 0.5) is 0 Å². The Hall–Kier alpha value is -1.58. The molecular weight excluding hydrogens is 254 g/mol. The number of ketones is 1. The number of aryl methyl sites for hydroxylation is 2. The van der Waals surface area contributed by atoms with Gasteiger partial charge in [-0.05, 0) is 25.8 Å². The molecule has 0 radical (unpaired) electrons. The van der Waals surface area contributed by atoms with Crippen LogP contribution in [0.5, 0.6) is 0 Å². The van der Waals surface area contributed by atoms with Gasteiger partial charge in [-0.15, -0.1) is 0 Å². The number of Topliss-reactive ketones (excluding diaryl/α,β-unsaturated/α-hetero) is 1. The van der Waals surface area contributed by atoms with Gasteiger partial charge in [0.15, 0.2) is 0 Å². The lowest BCUT2D eigenvalue weighted by molar-refractivity contribution is -0.134. The molecule has 1 aromatic rings. The molecule has 0 aromatic carbocycles. The largest absolute Gasteiger partial charge is 0.466 e. The smallest absolute Gasteiger partial charge is 0.223 e. The lowest BCUT2D eigenvalue weighted by Gasteiger charge is -2.43. The molecule has 1 spiro atoms. The minimum atomic E-state index is -0.255. The fraction of sp³-hybridized carbons (Fsp3) is 0.625. The Morgan fingerprint density at radius 1 is 1.30 bits per heavy atom. The van der Waals surface area contributed by atoms with Crippen molar-refractivity contribution >= 4 is 11.7 Å². The molecule has 20 heavy (non-hydrogen) atoms. The highest BCUT2D eigenvalue weighted by Gasteiger charge is 2.57. The monoisotopic (exact) mass is 273 g/mol. The SMILES string of the molecule is Cc1cc2c(o1)CCCN1C(=O)C[C@@H]3CC(=O)CC[C@@]231. The van der Waals surface area contributed by atoms with E-state index >= 15 is 0 Å². The van der Waals surface area contributed by atoms with Crippen molar-refractivity contribution in [2.75, 3.05) is 6.54 Å². The molecule has 0 bridgehead atoms. The molecule has 1 saturated heterocycles. The summed E-state index contributed by atoms with van der Waals surface area (Å²) in [5, 5.41) is 0. The van der Waals surface area contributed by atoms with Gasteiger partial charge in [0, 0.05) is 43.7 Å². The van der Waals surface area contributed by atoms with Crippen molar-refractivity contribution in [1.82, 2.24) is 4.90 Å². The zero-order valence-corrected chi connectivity index (χ0v) is 11.8. The average molecular weight is 273 g/mol. The molecule has 0 N–H and O–H groups in total. The molecule has 106 valence electrons. The molecule has 2 atom stereocenters. The van der Waals surface area contributed by atoms with Gasteiger partial charge >= 0.3 is 0 Å².